The zero-order valence-electron chi connectivity index (χ0n) is 14.3. The molecular formula is C20H16N2O4. The predicted molar refractivity (Wildman–Crippen MR) is 99.0 cm³/mol. The summed E-state index contributed by atoms with van der Waals surface area (Å²) in [4.78, 5) is 17.1. The minimum absolute atomic E-state index is 0.191. The van der Waals surface area contributed by atoms with E-state index in [0.717, 1.165) is 10.8 Å². The number of benzene rings is 2. The van der Waals surface area contributed by atoms with Gasteiger partial charge in [0, 0.05) is 23.0 Å². The Balaban J connectivity index is 1.74. The van der Waals surface area contributed by atoms with Crippen LogP contribution in [0.2, 0.25) is 0 Å². The molecular weight excluding hydrogens is 332 g/mol. The molecule has 2 heterocycles. The second-order valence-electron chi connectivity index (χ2n) is 5.69. The topological polar surface area (TPSA) is 73.6 Å². The zero-order chi connectivity index (χ0) is 18.1. The Morgan fingerprint density at radius 3 is 2.69 bits per heavy atom. The number of para-hydroxylation sites is 1. The van der Waals surface area contributed by atoms with Crippen LogP contribution in [0.4, 0.5) is 5.69 Å². The van der Waals surface area contributed by atoms with Gasteiger partial charge in [0.25, 0.3) is 5.91 Å². The fourth-order valence-corrected chi connectivity index (χ4v) is 2.87. The maximum atomic E-state index is 12.7. The smallest absolute Gasteiger partial charge is 0.291 e. The highest BCUT2D eigenvalue weighted by atomic mass is 16.5. The van der Waals surface area contributed by atoms with E-state index < -0.39 is 0 Å². The van der Waals surface area contributed by atoms with E-state index in [1.165, 1.54) is 0 Å². The number of nitrogens with one attached hydrogen (secondary N) is 1. The van der Waals surface area contributed by atoms with Gasteiger partial charge in [-0.25, -0.2) is 0 Å². The molecule has 0 radical (unpaired) electrons. The lowest BCUT2D eigenvalue weighted by Crippen LogP contribution is -2.11. The SMILES string of the molecule is COc1cc(NC(=O)c2cc3cccc(OC)c3o2)c2ncccc2c1. The van der Waals surface area contributed by atoms with Gasteiger partial charge in [0.1, 0.15) is 5.75 Å². The first-order valence-electron chi connectivity index (χ1n) is 8.00. The van der Waals surface area contributed by atoms with Gasteiger partial charge >= 0.3 is 0 Å². The number of carbonyl (C=O) groups excluding carboxylic acids is 1. The third-order valence-corrected chi connectivity index (χ3v) is 4.11. The van der Waals surface area contributed by atoms with Crippen molar-refractivity contribution in [3.05, 3.63) is 60.5 Å². The first-order chi connectivity index (χ1) is 12.7. The number of fused-ring (bicyclic) bond motifs is 2. The van der Waals surface area contributed by atoms with E-state index in [1.54, 1.807) is 38.6 Å². The van der Waals surface area contributed by atoms with Crippen molar-refractivity contribution in [1.29, 1.82) is 0 Å². The van der Waals surface area contributed by atoms with Crippen LogP contribution in [0.1, 0.15) is 10.6 Å². The second-order valence-corrected chi connectivity index (χ2v) is 5.69. The number of methoxy groups -OCH3 is 2. The molecule has 4 rings (SSSR count). The van der Waals surface area contributed by atoms with E-state index in [-0.39, 0.29) is 11.7 Å². The number of hydrogen-bond acceptors (Lipinski definition) is 5. The molecule has 0 fully saturated rings. The average Bonchev–Trinajstić information content (AvgIpc) is 3.12. The molecule has 0 aliphatic rings. The molecule has 1 amide bonds. The van der Waals surface area contributed by atoms with E-state index in [0.29, 0.717) is 28.3 Å². The lowest BCUT2D eigenvalue weighted by atomic mass is 10.1. The Labute approximate surface area is 149 Å². The van der Waals surface area contributed by atoms with E-state index in [1.807, 2.05) is 30.3 Å². The van der Waals surface area contributed by atoms with Crippen molar-refractivity contribution in [3.8, 4) is 11.5 Å². The predicted octanol–water partition coefficient (Wildman–Crippen LogP) is 4.25. The lowest BCUT2D eigenvalue weighted by molar-refractivity contribution is 0.0998. The van der Waals surface area contributed by atoms with Crippen LogP contribution in [0.5, 0.6) is 11.5 Å². The molecule has 0 spiro atoms. The van der Waals surface area contributed by atoms with Gasteiger partial charge in [-0.3, -0.25) is 9.78 Å². The molecule has 130 valence electrons. The van der Waals surface area contributed by atoms with Crippen LogP contribution in [0, 0.1) is 0 Å². The number of carbonyl (C=O) groups is 1. The van der Waals surface area contributed by atoms with Crippen LogP contribution < -0.4 is 14.8 Å². The molecule has 0 atom stereocenters. The Morgan fingerprint density at radius 2 is 1.88 bits per heavy atom. The molecule has 0 saturated carbocycles. The fourth-order valence-electron chi connectivity index (χ4n) is 2.87. The van der Waals surface area contributed by atoms with Gasteiger partial charge in [-0.1, -0.05) is 18.2 Å². The summed E-state index contributed by atoms with van der Waals surface area (Å²) in [5.74, 6) is 1.03. The normalized spacial score (nSPS) is 10.8. The first kappa shape index (κ1) is 16.0. The first-order valence-corrected chi connectivity index (χ1v) is 8.00. The van der Waals surface area contributed by atoms with Crippen LogP contribution >= 0.6 is 0 Å². The third-order valence-electron chi connectivity index (χ3n) is 4.11. The molecule has 0 bridgehead atoms. The van der Waals surface area contributed by atoms with Gasteiger partial charge < -0.3 is 19.2 Å². The summed E-state index contributed by atoms with van der Waals surface area (Å²) >= 11 is 0. The third kappa shape index (κ3) is 2.71. The maximum absolute atomic E-state index is 12.7. The van der Waals surface area contributed by atoms with Gasteiger partial charge in [0.05, 0.1) is 25.4 Å². The Hall–Kier alpha value is -3.54. The average molecular weight is 348 g/mol. The van der Waals surface area contributed by atoms with Crippen LogP contribution in [-0.2, 0) is 0 Å². The number of nitrogens with zero attached hydrogens (tertiary/aromatic N) is 1. The summed E-state index contributed by atoms with van der Waals surface area (Å²) in [5.41, 5.74) is 1.77. The number of amides is 1. The summed E-state index contributed by atoms with van der Waals surface area (Å²) in [7, 11) is 3.14. The van der Waals surface area contributed by atoms with Crippen LogP contribution in [0.15, 0.2) is 59.1 Å². The number of aromatic nitrogens is 1. The highest BCUT2D eigenvalue weighted by Crippen LogP contribution is 2.31. The molecule has 0 saturated heterocycles. The van der Waals surface area contributed by atoms with E-state index in [9.17, 15) is 4.79 Å². The van der Waals surface area contributed by atoms with Crippen molar-refractivity contribution in [2.75, 3.05) is 19.5 Å². The molecule has 2 aromatic carbocycles. The second kappa shape index (κ2) is 6.40. The number of ether oxygens (including phenoxy) is 2. The molecule has 6 heteroatoms. The molecule has 6 nitrogen and oxygen atoms in total. The Morgan fingerprint density at radius 1 is 1.04 bits per heavy atom. The van der Waals surface area contributed by atoms with Crippen molar-refractivity contribution in [2.24, 2.45) is 0 Å². The maximum Gasteiger partial charge on any atom is 0.291 e. The number of rotatable bonds is 4. The Kier molecular flexibility index (Phi) is 3.93. The number of anilines is 1. The number of pyridine rings is 1. The molecule has 1 N–H and O–H groups in total. The van der Waals surface area contributed by atoms with Gasteiger partial charge in [-0.2, -0.15) is 0 Å². The minimum atomic E-state index is -0.372. The van der Waals surface area contributed by atoms with Crippen molar-refractivity contribution < 1.29 is 18.7 Å². The van der Waals surface area contributed by atoms with Gasteiger partial charge in [0.15, 0.2) is 17.1 Å². The number of furan rings is 1. The lowest BCUT2D eigenvalue weighted by Gasteiger charge is -2.09. The number of hydrogen-bond donors (Lipinski definition) is 1. The van der Waals surface area contributed by atoms with Crippen LogP contribution in [-0.4, -0.2) is 25.1 Å². The highest BCUT2D eigenvalue weighted by Gasteiger charge is 2.17. The van der Waals surface area contributed by atoms with Gasteiger partial charge in [0.2, 0.25) is 0 Å². The summed E-state index contributed by atoms with van der Waals surface area (Å²) in [6.07, 6.45) is 1.68. The molecule has 0 aliphatic heterocycles. The van der Waals surface area contributed by atoms with Crippen LogP contribution in [0.3, 0.4) is 0 Å². The summed E-state index contributed by atoms with van der Waals surface area (Å²) in [6, 6.07) is 14.5. The molecule has 2 aromatic heterocycles. The fraction of sp³-hybridized carbons (Fsp3) is 0.100. The van der Waals surface area contributed by atoms with E-state index in [2.05, 4.69) is 10.3 Å². The molecule has 26 heavy (non-hydrogen) atoms. The summed E-state index contributed by atoms with van der Waals surface area (Å²) < 4.78 is 16.3. The molecule has 0 aliphatic carbocycles. The van der Waals surface area contributed by atoms with E-state index in [4.69, 9.17) is 13.9 Å². The highest BCUT2D eigenvalue weighted by molar-refractivity contribution is 6.09. The van der Waals surface area contributed by atoms with Crippen molar-refractivity contribution >= 4 is 33.5 Å². The summed E-state index contributed by atoms with van der Waals surface area (Å²) in [5, 5.41) is 4.52. The van der Waals surface area contributed by atoms with E-state index >= 15 is 0 Å². The largest absolute Gasteiger partial charge is 0.497 e. The Bertz CT molecular complexity index is 1120. The minimum Gasteiger partial charge on any atom is -0.497 e. The van der Waals surface area contributed by atoms with Gasteiger partial charge in [-0.15, -0.1) is 0 Å². The zero-order valence-corrected chi connectivity index (χ0v) is 14.3. The monoisotopic (exact) mass is 348 g/mol. The summed E-state index contributed by atoms with van der Waals surface area (Å²) in [6.45, 7) is 0. The molecule has 0 unspecified atom stereocenters. The van der Waals surface area contributed by atoms with Crippen molar-refractivity contribution in [3.63, 3.8) is 0 Å². The van der Waals surface area contributed by atoms with Crippen molar-refractivity contribution in [1.82, 2.24) is 4.98 Å². The molecule has 4 aromatic rings. The van der Waals surface area contributed by atoms with Gasteiger partial charge in [-0.05, 0) is 24.3 Å². The van der Waals surface area contributed by atoms with Crippen molar-refractivity contribution in [2.45, 2.75) is 0 Å². The quantitative estimate of drug-likeness (QED) is 0.597. The van der Waals surface area contributed by atoms with Crippen LogP contribution in [0.25, 0.3) is 21.9 Å². The standard InChI is InChI=1S/C20H16N2O4/c1-24-14-9-12-6-4-8-21-18(12)15(11-14)22-20(23)17-10-13-5-3-7-16(25-2)19(13)26-17/h3-11H,1-2H3,(H,22,23).